The largest absolute Gasteiger partial charge is 0.348 e. The third kappa shape index (κ3) is 7.98. The van der Waals surface area contributed by atoms with Crippen molar-refractivity contribution >= 4 is 44.2 Å². The lowest BCUT2D eigenvalue weighted by molar-refractivity contribution is -0.118. The zero-order chi connectivity index (χ0) is 29.5. The number of Topliss-reactive ketones (excluding diaryl/α,β-unsaturated/α-hetero) is 2. The molecule has 2 aliphatic rings. The van der Waals surface area contributed by atoms with Crippen molar-refractivity contribution in [3.05, 3.63) is 81.3 Å². The number of benzene rings is 2. The third-order valence-electron chi connectivity index (χ3n) is 9.70. The Morgan fingerprint density at radius 3 is 2.26 bits per heavy atom. The average Bonchev–Trinajstić information content (AvgIpc) is 3.23. The van der Waals surface area contributed by atoms with E-state index in [0.29, 0.717) is 24.1 Å². The number of aromatic nitrogens is 1. The second kappa shape index (κ2) is 14.6. The van der Waals surface area contributed by atoms with Crippen LogP contribution < -0.4 is 4.90 Å². The fraction of sp³-hybridized carbons (Fsp3) is 0.486. The topological polar surface area (TPSA) is 50.3 Å². The van der Waals surface area contributed by atoms with Crippen molar-refractivity contribution in [2.75, 3.05) is 18.0 Å². The predicted molar refractivity (Wildman–Crippen MR) is 177 cm³/mol. The first-order valence-corrected chi connectivity index (χ1v) is 16.8. The first-order valence-electron chi connectivity index (χ1n) is 16.0. The van der Waals surface area contributed by atoms with Gasteiger partial charge in [-0.25, -0.2) is 4.98 Å². The lowest BCUT2D eigenvalue weighted by Gasteiger charge is -2.26. The van der Waals surface area contributed by atoms with Crippen molar-refractivity contribution in [1.29, 1.82) is 0 Å². The van der Waals surface area contributed by atoms with E-state index < -0.39 is 0 Å². The molecule has 5 rings (SSSR count). The van der Waals surface area contributed by atoms with Gasteiger partial charge in [0.05, 0.1) is 12.1 Å². The summed E-state index contributed by atoms with van der Waals surface area (Å²) >= 11 is 3.62. The minimum absolute atomic E-state index is 0.00460. The molecule has 2 atom stereocenters. The normalized spacial score (nSPS) is 22.2. The van der Waals surface area contributed by atoms with Gasteiger partial charge < -0.3 is 4.90 Å². The SMILES string of the molecule is C/C1=C(\C)C(=O)CN(c2cc(CCCC3CCCC(CCCc4ccccc4)CC3)c3ccc(Br)cc3n2)CCC1=O. The molecule has 1 aliphatic heterocycles. The van der Waals surface area contributed by atoms with Crippen molar-refractivity contribution in [2.24, 2.45) is 11.8 Å². The van der Waals surface area contributed by atoms with Gasteiger partial charge in [0.25, 0.3) is 0 Å². The monoisotopic (exact) mass is 628 g/mol. The molecule has 4 nitrogen and oxygen atoms in total. The van der Waals surface area contributed by atoms with Gasteiger partial charge in [0.2, 0.25) is 0 Å². The lowest BCUT2D eigenvalue weighted by Crippen LogP contribution is -2.35. The van der Waals surface area contributed by atoms with Crippen LogP contribution in [-0.2, 0) is 22.4 Å². The summed E-state index contributed by atoms with van der Waals surface area (Å²) in [5.41, 5.74) is 4.88. The molecule has 0 bridgehead atoms. The van der Waals surface area contributed by atoms with Gasteiger partial charge in [-0.1, -0.05) is 97.3 Å². The molecule has 2 unspecified atom stereocenters. The maximum absolute atomic E-state index is 12.9. The number of pyridine rings is 1. The van der Waals surface area contributed by atoms with Gasteiger partial charge >= 0.3 is 0 Å². The van der Waals surface area contributed by atoms with Gasteiger partial charge in [-0.15, -0.1) is 0 Å². The number of hydrogen-bond donors (Lipinski definition) is 0. The number of anilines is 1. The highest BCUT2D eigenvalue weighted by molar-refractivity contribution is 9.10. The Morgan fingerprint density at radius 2 is 1.52 bits per heavy atom. The smallest absolute Gasteiger partial charge is 0.178 e. The van der Waals surface area contributed by atoms with Crippen molar-refractivity contribution in [2.45, 2.75) is 90.9 Å². The van der Waals surface area contributed by atoms with E-state index in [2.05, 4.69) is 70.5 Å². The number of halogens is 1. The molecule has 1 aliphatic carbocycles. The van der Waals surface area contributed by atoms with Crippen LogP contribution >= 0.6 is 15.9 Å². The Balaban J connectivity index is 1.21. The summed E-state index contributed by atoms with van der Waals surface area (Å²) in [5, 5.41) is 1.18. The summed E-state index contributed by atoms with van der Waals surface area (Å²) in [6, 6.07) is 19.4. The maximum Gasteiger partial charge on any atom is 0.178 e. The van der Waals surface area contributed by atoms with Crippen molar-refractivity contribution < 1.29 is 9.59 Å². The summed E-state index contributed by atoms with van der Waals surface area (Å²) in [6.07, 6.45) is 14.6. The molecular formula is C37H45BrN2O2. The Kier molecular flexibility index (Phi) is 10.7. The summed E-state index contributed by atoms with van der Waals surface area (Å²) in [6.45, 7) is 4.32. The molecule has 2 aromatic carbocycles. The molecule has 222 valence electrons. The lowest BCUT2D eigenvalue weighted by atomic mass is 9.90. The number of ketones is 2. The fourth-order valence-electron chi connectivity index (χ4n) is 6.89. The number of aryl methyl sites for hydroxylation is 2. The minimum atomic E-state index is 0.00460. The van der Waals surface area contributed by atoms with Gasteiger partial charge in [0, 0.05) is 28.4 Å². The van der Waals surface area contributed by atoms with Crippen LogP contribution in [0.5, 0.6) is 0 Å². The highest BCUT2D eigenvalue weighted by Gasteiger charge is 2.24. The van der Waals surface area contributed by atoms with Crippen molar-refractivity contribution in [3.63, 3.8) is 0 Å². The predicted octanol–water partition coefficient (Wildman–Crippen LogP) is 9.22. The molecule has 1 fully saturated rings. The van der Waals surface area contributed by atoms with Crippen LogP contribution in [0, 0.1) is 11.8 Å². The number of fused-ring (bicyclic) bond motifs is 1. The number of hydrogen-bond acceptors (Lipinski definition) is 4. The molecule has 3 aromatic rings. The molecular weight excluding hydrogens is 584 g/mol. The molecule has 0 amide bonds. The van der Waals surface area contributed by atoms with E-state index in [1.165, 1.54) is 74.3 Å². The highest BCUT2D eigenvalue weighted by atomic mass is 79.9. The van der Waals surface area contributed by atoms with E-state index in [1.807, 2.05) is 4.90 Å². The van der Waals surface area contributed by atoms with E-state index in [0.717, 1.165) is 40.5 Å². The third-order valence-corrected chi connectivity index (χ3v) is 10.2. The highest BCUT2D eigenvalue weighted by Crippen LogP contribution is 2.34. The second-order valence-corrected chi connectivity index (χ2v) is 13.5. The molecule has 1 aromatic heterocycles. The van der Waals surface area contributed by atoms with Gasteiger partial charge in [0.1, 0.15) is 5.82 Å². The van der Waals surface area contributed by atoms with E-state index in [4.69, 9.17) is 4.98 Å². The fourth-order valence-corrected chi connectivity index (χ4v) is 7.24. The maximum atomic E-state index is 12.9. The van der Waals surface area contributed by atoms with Crippen LogP contribution in [0.1, 0.15) is 89.2 Å². The van der Waals surface area contributed by atoms with Crippen molar-refractivity contribution in [1.82, 2.24) is 4.98 Å². The van der Waals surface area contributed by atoms with Crippen LogP contribution in [-0.4, -0.2) is 29.6 Å². The summed E-state index contributed by atoms with van der Waals surface area (Å²) in [7, 11) is 0. The van der Waals surface area contributed by atoms with Crippen LogP contribution in [0.3, 0.4) is 0 Å². The summed E-state index contributed by atoms with van der Waals surface area (Å²) < 4.78 is 0.996. The van der Waals surface area contributed by atoms with Gasteiger partial charge in [-0.2, -0.15) is 0 Å². The summed E-state index contributed by atoms with van der Waals surface area (Å²) in [5.74, 6) is 2.57. The number of carbonyl (C=O) groups excluding carboxylic acids is 2. The zero-order valence-electron chi connectivity index (χ0n) is 25.3. The molecule has 1 saturated carbocycles. The van der Waals surface area contributed by atoms with Crippen molar-refractivity contribution in [3.8, 4) is 0 Å². The quantitative estimate of drug-likeness (QED) is 0.222. The molecule has 5 heteroatoms. The number of allylic oxidation sites excluding steroid dienone is 1. The minimum Gasteiger partial charge on any atom is -0.348 e. The van der Waals surface area contributed by atoms with E-state index in [1.54, 1.807) is 13.8 Å². The van der Waals surface area contributed by atoms with E-state index in [-0.39, 0.29) is 18.1 Å². The van der Waals surface area contributed by atoms with Crippen LogP contribution in [0.4, 0.5) is 5.82 Å². The van der Waals surface area contributed by atoms with Crippen LogP contribution in [0.15, 0.2) is 70.2 Å². The van der Waals surface area contributed by atoms with E-state index in [9.17, 15) is 9.59 Å². The number of rotatable bonds is 9. The molecule has 2 heterocycles. The molecule has 0 N–H and O–H groups in total. The molecule has 0 spiro atoms. The first-order chi connectivity index (χ1) is 20.4. The van der Waals surface area contributed by atoms with Crippen LogP contribution in [0.2, 0.25) is 0 Å². The first kappa shape index (κ1) is 30.7. The Hall–Kier alpha value is -2.79. The Bertz CT molecular complexity index is 1430. The second-order valence-electron chi connectivity index (χ2n) is 12.6. The molecule has 42 heavy (non-hydrogen) atoms. The van der Waals surface area contributed by atoms with Gasteiger partial charge in [-0.05, 0) is 86.3 Å². The Labute approximate surface area is 260 Å². The van der Waals surface area contributed by atoms with Gasteiger partial charge in [-0.3, -0.25) is 9.59 Å². The standard InChI is InChI=1S/C37H45BrN2O2/c1-26-27(2)36(42)25-40(22-21-35(26)41)37-23-31(33-20-19-32(38)24-34(33)39-37)16-8-15-30-14-7-13-29(17-18-30)12-6-11-28-9-4-3-5-10-28/h3-5,9-10,19-20,23-24,29-30H,6-8,11-18,21-22,25H2,1-2H3/b27-26-. The molecule has 0 saturated heterocycles. The zero-order valence-corrected chi connectivity index (χ0v) is 26.9. The Morgan fingerprint density at radius 1 is 0.833 bits per heavy atom. The molecule has 0 radical (unpaired) electrons. The average molecular weight is 630 g/mol. The number of carbonyl (C=O) groups is 2. The van der Waals surface area contributed by atoms with E-state index >= 15 is 0 Å². The van der Waals surface area contributed by atoms with Crippen LogP contribution in [0.25, 0.3) is 10.9 Å². The summed E-state index contributed by atoms with van der Waals surface area (Å²) in [4.78, 5) is 32.5. The number of nitrogens with zero attached hydrogens (tertiary/aromatic N) is 2. The van der Waals surface area contributed by atoms with Gasteiger partial charge in [0.15, 0.2) is 11.6 Å².